The van der Waals surface area contributed by atoms with Crippen LogP contribution in [0, 0.1) is 11.7 Å². The van der Waals surface area contributed by atoms with Gasteiger partial charge in [0.15, 0.2) is 0 Å². The van der Waals surface area contributed by atoms with Gasteiger partial charge in [0.05, 0.1) is 0 Å². The molecule has 1 aliphatic rings. The molecule has 0 amide bonds. The third-order valence-corrected chi connectivity index (χ3v) is 4.20. The van der Waals surface area contributed by atoms with E-state index in [1.807, 2.05) is 19.9 Å². The maximum atomic E-state index is 13.8. The van der Waals surface area contributed by atoms with Gasteiger partial charge < -0.3 is 10.1 Å². The highest BCUT2D eigenvalue weighted by Gasteiger charge is 2.31. The normalized spacial score (nSPS) is 20.7. The average molecular weight is 321 g/mol. The fraction of sp³-hybridized carbons (Fsp3) is 0.632. The topological polar surface area (TPSA) is 38.3 Å². The molecule has 0 radical (unpaired) electrons. The summed E-state index contributed by atoms with van der Waals surface area (Å²) < 4.78 is 19.6. The smallest absolute Gasteiger partial charge is 0.135 e. The Kier molecular flexibility index (Phi) is 6.17. The summed E-state index contributed by atoms with van der Waals surface area (Å²) in [5.41, 5.74) is 0.824. The van der Waals surface area contributed by atoms with Gasteiger partial charge in [0.2, 0.25) is 0 Å². The van der Waals surface area contributed by atoms with Crippen molar-refractivity contribution in [3.63, 3.8) is 0 Å². The second-order valence-corrected chi connectivity index (χ2v) is 7.15. The number of benzene rings is 1. The largest absolute Gasteiger partial charge is 0.490 e. The molecule has 1 aromatic carbocycles. The van der Waals surface area contributed by atoms with Crippen LogP contribution in [0.1, 0.15) is 52.5 Å². The highest BCUT2D eigenvalue weighted by molar-refractivity contribution is 5.80. The Balaban J connectivity index is 1.87. The highest BCUT2D eigenvalue weighted by atomic mass is 19.1. The Labute approximate surface area is 138 Å². The molecule has 0 aromatic heterocycles. The van der Waals surface area contributed by atoms with E-state index < -0.39 is 0 Å². The number of ether oxygens (including phenoxy) is 1. The van der Waals surface area contributed by atoms with Gasteiger partial charge >= 0.3 is 0 Å². The Morgan fingerprint density at radius 3 is 2.57 bits per heavy atom. The van der Waals surface area contributed by atoms with E-state index >= 15 is 0 Å². The SMILES string of the molecule is CC(C)NC1CC(Oc2cc(F)cc(CCC(=O)C(C)C)c2)C1. The zero-order valence-corrected chi connectivity index (χ0v) is 14.6. The summed E-state index contributed by atoms with van der Waals surface area (Å²) in [6.07, 6.45) is 3.07. The minimum atomic E-state index is -0.300. The van der Waals surface area contributed by atoms with Crippen molar-refractivity contribution in [2.75, 3.05) is 0 Å². The van der Waals surface area contributed by atoms with Crippen molar-refractivity contribution in [1.82, 2.24) is 5.32 Å². The van der Waals surface area contributed by atoms with Gasteiger partial charge in [-0.15, -0.1) is 0 Å². The first kappa shape index (κ1) is 17.9. The van der Waals surface area contributed by atoms with Gasteiger partial charge in [-0.2, -0.15) is 0 Å². The molecular formula is C19H28FNO2. The molecule has 0 saturated heterocycles. The van der Waals surface area contributed by atoms with E-state index in [1.54, 1.807) is 0 Å². The molecule has 0 bridgehead atoms. The molecule has 1 fully saturated rings. The van der Waals surface area contributed by atoms with Crippen molar-refractivity contribution in [2.24, 2.45) is 5.92 Å². The quantitative estimate of drug-likeness (QED) is 0.789. The number of carbonyl (C=O) groups excluding carboxylic acids is 1. The monoisotopic (exact) mass is 321 g/mol. The maximum absolute atomic E-state index is 13.8. The number of carbonyl (C=O) groups is 1. The van der Waals surface area contributed by atoms with Crippen molar-refractivity contribution in [3.8, 4) is 5.75 Å². The van der Waals surface area contributed by atoms with Crippen LogP contribution in [0.25, 0.3) is 0 Å². The molecule has 0 atom stereocenters. The number of aryl methyl sites for hydroxylation is 1. The first-order valence-corrected chi connectivity index (χ1v) is 8.58. The van der Waals surface area contributed by atoms with Crippen LogP contribution in [-0.4, -0.2) is 24.0 Å². The van der Waals surface area contributed by atoms with Gasteiger partial charge in [0, 0.05) is 30.5 Å². The van der Waals surface area contributed by atoms with Gasteiger partial charge in [-0.25, -0.2) is 4.39 Å². The van der Waals surface area contributed by atoms with Gasteiger partial charge in [0.1, 0.15) is 23.5 Å². The van der Waals surface area contributed by atoms with E-state index in [0.717, 1.165) is 18.4 Å². The second kappa shape index (κ2) is 7.91. The van der Waals surface area contributed by atoms with Crippen molar-refractivity contribution in [2.45, 2.75) is 71.6 Å². The predicted octanol–water partition coefficient (Wildman–Crippen LogP) is 3.89. The lowest BCUT2D eigenvalue weighted by molar-refractivity contribution is -0.121. The molecule has 1 aromatic rings. The summed E-state index contributed by atoms with van der Waals surface area (Å²) in [6.45, 7) is 8.04. The second-order valence-electron chi connectivity index (χ2n) is 7.15. The fourth-order valence-electron chi connectivity index (χ4n) is 2.85. The summed E-state index contributed by atoms with van der Waals surface area (Å²) >= 11 is 0. The van der Waals surface area contributed by atoms with E-state index in [9.17, 15) is 9.18 Å². The number of hydrogen-bond acceptors (Lipinski definition) is 3. The molecule has 128 valence electrons. The maximum Gasteiger partial charge on any atom is 0.135 e. The van der Waals surface area contributed by atoms with Crippen molar-refractivity contribution < 1.29 is 13.9 Å². The molecule has 1 N–H and O–H groups in total. The summed E-state index contributed by atoms with van der Waals surface area (Å²) in [5.74, 6) is 0.508. The van der Waals surface area contributed by atoms with Crippen LogP contribution in [0.5, 0.6) is 5.75 Å². The van der Waals surface area contributed by atoms with Crippen LogP contribution in [0.2, 0.25) is 0 Å². The number of rotatable bonds is 8. The van der Waals surface area contributed by atoms with E-state index in [0.29, 0.717) is 30.7 Å². The minimum absolute atomic E-state index is 0.0275. The van der Waals surface area contributed by atoms with E-state index in [4.69, 9.17) is 4.74 Å². The number of nitrogens with one attached hydrogen (secondary N) is 1. The van der Waals surface area contributed by atoms with Gasteiger partial charge in [-0.1, -0.05) is 27.7 Å². The zero-order chi connectivity index (χ0) is 17.0. The van der Waals surface area contributed by atoms with Crippen LogP contribution < -0.4 is 10.1 Å². The van der Waals surface area contributed by atoms with Gasteiger partial charge in [0.25, 0.3) is 0 Å². The van der Waals surface area contributed by atoms with Crippen LogP contribution in [0.15, 0.2) is 18.2 Å². The van der Waals surface area contributed by atoms with E-state index in [-0.39, 0.29) is 23.6 Å². The average Bonchev–Trinajstić information content (AvgIpc) is 2.41. The predicted molar refractivity (Wildman–Crippen MR) is 90.3 cm³/mol. The molecule has 2 rings (SSSR count). The van der Waals surface area contributed by atoms with Crippen molar-refractivity contribution >= 4 is 5.78 Å². The molecule has 1 aliphatic carbocycles. The van der Waals surface area contributed by atoms with Gasteiger partial charge in [-0.05, 0) is 37.0 Å². The van der Waals surface area contributed by atoms with E-state index in [2.05, 4.69) is 19.2 Å². The lowest BCUT2D eigenvalue weighted by atomic mass is 9.88. The molecule has 23 heavy (non-hydrogen) atoms. The first-order valence-electron chi connectivity index (χ1n) is 8.58. The molecule has 3 nitrogen and oxygen atoms in total. The molecule has 1 saturated carbocycles. The molecule has 0 aliphatic heterocycles. The summed E-state index contributed by atoms with van der Waals surface area (Å²) in [6, 6.07) is 5.75. The summed E-state index contributed by atoms with van der Waals surface area (Å²) in [4.78, 5) is 11.7. The fourth-order valence-corrected chi connectivity index (χ4v) is 2.85. The lowest BCUT2D eigenvalue weighted by Crippen LogP contribution is -2.49. The number of halogens is 1. The molecular weight excluding hydrogens is 293 g/mol. The van der Waals surface area contributed by atoms with E-state index in [1.165, 1.54) is 12.1 Å². The third-order valence-electron chi connectivity index (χ3n) is 4.20. The molecule has 4 heteroatoms. The lowest BCUT2D eigenvalue weighted by Gasteiger charge is -2.37. The summed E-state index contributed by atoms with van der Waals surface area (Å²) in [7, 11) is 0. The zero-order valence-electron chi connectivity index (χ0n) is 14.6. The number of ketones is 1. The van der Waals surface area contributed by atoms with Crippen LogP contribution >= 0.6 is 0 Å². The van der Waals surface area contributed by atoms with Crippen molar-refractivity contribution in [3.05, 3.63) is 29.6 Å². The van der Waals surface area contributed by atoms with Crippen molar-refractivity contribution in [1.29, 1.82) is 0 Å². The summed E-state index contributed by atoms with van der Waals surface area (Å²) in [5, 5.41) is 3.47. The standard InChI is InChI=1S/C19H28FNO2/c1-12(2)19(22)6-5-14-7-15(20)9-17(8-14)23-18-10-16(11-18)21-13(3)4/h7-9,12-13,16,18,21H,5-6,10-11H2,1-4H3. The molecule has 0 unspecified atom stereocenters. The minimum Gasteiger partial charge on any atom is -0.490 e. The highest BCUT2D eigenvalue weighted by Crippen LogP contribution is 2.28. The Bertz CT molecular complexity index is 536. The molecule has 0 heterocycles. The van der Waals surface area contributed by atoms with Crippen LogP contribution in [-0.2, 0) is 11.2 Å². The van der Waals surface area contributed by atoms with Gasteiger partial charge in [-0.3, -0.25) is 4.79 Å². The number of Topliss-reactive ketones (excluding diaryl/α,β-unsaturated/α-hetero) is 1. The Morgan fingerprint density at radius 2 is 1.96 bits per heavy atom. The Hall–Kier alpha value is -1.42. The Morgan fingerprint density at radius 1 is 1.26 bits per heavy atom. The van der Waals surface area contributed by atoms with Crippen LogP contribution in [0.3, 0.4) is 0 Å². The first-order chi connectivity index (χ1) is 10.8. The molecule has 0 spiro atoms. The number of hydrogen-bond donors (Lipinski definition) is 1. The van der Waals surface area contributed by atoms with Crippen LogP contribution in [0.4, 0.5) is 4.39 Å². The third kappa shape index (κ3) is 5.61.